The Kier molecular flexibility index (Phi) is 5.81. The Balaban J connectivity index is 2.22. The molecule has 0 amide bonds. The number of rotatable bonds is 5. The first-order valence-electron chi connectivity index (χ1n) is 9.81. The molecule has 2 N–H and O–H groups in total. The van der Waals surface area contributed by atoms with Gasteiger partial charge in [-0.3, -0.25) is 0 Å². The maximum Gasteiger partial charge on any atom is 0.191 e. The van der Waals surface area contributed by atoms with E-state index in [4.69, 9.17) is 15.2 Å². The normalized spacial score (nSPS) is 22.4. The Morgan fingerprint density at radius 1 is 1.21 bits per heavy atom. The van der Waals surface area contributed by atoms with E-state index in [1.54, 1.807) is 7.11 Å². The molecule has 6 heteroatoms. The van der Waals surface area contributed by atoms with Gasteiger partial charge in [-0.15, -0.1) is 0 Å². The van der Waals surface area contributed by atoms with Crippen LogP contribution in [0, 0.1) is 45.3 Å². The topological polar surface area (TPSA) is 116 Å². The Hall–Kier alpha value is -3.43. The van der Waals surface area contributed by atoms with Crippen LogP contribution < -0.4 is 15.2 Å². The molecule has 148 valence electrons. The van der Waals surface area contributed by atoms with Crippen molar-refractivity contribution in [1.29, 1.82) is 15.8 Å². The Morgan fingerprint density at radius 2 is 1.97 bits per heavy atom. The van der Waals surface area contributed by atoms with Gasteiger partial charge in [0.05, 0.1) is 37.1 Å². The summed E-state index contributed by atoms with van der Waals surface area (Å²) < 4.78 is 11.3. The first-order chi connectivity index (χ1) is 14.1. The smallest absolute Gasteiger partial charge is 0.191 e. The molecular weight excluding hydrogens is 364 g/mol. The summed E-state index contributed by atoms with van der Waals surface area (Å²) >= 11 is 0. The fourth-order valence-electron chi connectivity index (χ4n) is 4.46. The van der Waals surface area contributed by atoms with Crippen LogP contribution in [0.15, 0.2) is 41.1 Å². The SMILES string of the molecule is CCCOc1ccc([C@H]2[C@H]3CCCC=C3C(C#N)=C(N)C2(C#N)C#N)cc1OC. The van der Waals surface area contributed by atoms with Crippen LogP contribution in [0.3, 0.4) is 0 Å². The average Bonchev–Trinajstić information content (AvgIpc) is 2.77. The van der Waals surface area contributed by atoms with Gasteiger partial charge in [-0.1, -0.05) is 19.1 Å². The molecule has 29 heavy (non-hydrogen) atoms. The minimum absolute atomic E-state index is 0.0460. The number of ether oxygens (including phenoxy) is 2. The number of methoxy groups -OCH3 is 1. The van der Waals surface area contributed by atoms with Crippen LogP contribution in [0.5, 0.6) is 11.5 Å². The fraction of sp³-hybridized carbons (Fsp3) is 0.435. The largest absolute Gasteiger partial charge is 0.493 e. The van der Waals surface area contributed by atoms with Crippen molar-refractivity contribution in [1.82, 2.24) is 0 Å². The number of hydrogen-bond acceptors (Lipinski definition) is 6. The van der Waals surface area contributed by atoms with E-state index >= 15 is 0 Å². The lowest BCUT2D eigenvalue weighted by Gasteiger charge is -2.43. The van der Waals surface area contributed by atoms with Crippen LogP contribution in [0.1, 0.15) is 44.1 Å². The highest BCUT2D eigenvalue weighted by Crippen LogP contribution is 2.56. The lowest BCUT2D eigenvalue weighted by molar-refractivity contribution is 0.291. The molecule has 0 aromatic heterocycles. The number of benzene rings is 1. The highest BCUT2D eigenvalue weighted by atomic mass is 16.5. The number of nitrogens with zero attached hydrogens (tertiary/aromatic N) is 3. The van der Waals surface area contributed by atoms with Gasteiger partial charge in [-0.05, 0) is 54.9 Å². The number of hydrogen-bond donors (Lipinski definition) is 1. The van der Waals surface area contributed by atoms with Gasteiger partial charge in [0.15, 0.2) is 16.9 Å². The minimum atomic E-state index is -1.61. The van der Waals surface area contributed by atoms with Crippen LogP contribution >= 0.6 is 0 Å². The first kappa shape index (κ1) is 20.3. The molecule has 0 fully saturated rings. The zero-order valence-electron chi connectivity index (χ0n) is 16.7. The van der Waals surface area contributed by atoms with Crippen LogP contribution in [0.2, 0.25) is 0 Å². The van der Waals surface area contributed by atoms with Crippen molar-refractivity contribution in [2.24, 2.45) is 17.1 Å². The van der Waals surface area contributed by atoms with E-state index < -0.39 is 11.3 Å². The van der Waals surface area contributed by atoms with Gasteiger partial charge in [0.25, 0.3) is 0 Å². The number of fused-ring (bicyclic) bond motifs is 1. The summed E-state index contributed by atoms with van der Waals surface area (Å²) in [5.41, 5.74) is 6.66. The van der Waals surface area contributed by atoms with Crippen molar-refractivity contribution in [3.05, 3.63) is 46.7 Å². The second kappa shape index (κ2) is 8.29. The Bertz CT molecular complexity index is 974. The monoisotopic (exact) mass is 388 g/mol. The van der Waals surface area contributed by atoms with E-state index in [1.165, 1.54) is 0 Å². The zero-order valence-corrected chi connectivity index (χ0v) is 16.7. The fourth-order valence-corrected chi connectivity index (χ4v) is 4.46. The van der Waals surface area contributed by atoms with E-state index in [-0.39, 0.29) is 17.2 Å². The van der Waals surface area contributed by atoms with Crippen LogP contribution in [-0.4, -0.2) is 13.7 Å². The number of nitriles is 3. The molecule has 0 radical (unpaired) electrons. The van der Waals surface area contributed by atoms with Crippen molar-refractivity contribution < 1.29 is 9.47 Å². The van der Waals surface area contributed by atoms with Gasteiger partial charge in [0.1, 0.15) is 6.07 Å². The van der Waals surface area contributed by atoms with Gasteiger partial charge in [-0.2, -0.15) is 15.8 Å². The molecule has 1 aromatic rings. The van der Waals surface area contributed by atoms with Crippen LogP contribution in [-0.2, 0) is 0 Å². The van der Waals surface area contributed by atoms with Crippen molar-refractivity contribution in [2.75, 3.05) is 13.7 Å². The summed E-state index contributed by atoms with van der Waals surface area (Å²) in [6.45, 7) is 2.59. The molecule has 3 rings (SSSR count). The van der Waals surface area contributed by atoms with Crippen LogP contribution in [0.25, 0.3) is 0 Å². The minimum Gasteiger partial charge on any atom is -0.493 e. The van der Waals surface area contributed by atoms with Crippen molar-refractivity contribution in [3.63, 3.8) is 0 Å². The van der Waals surface area contributed by atoms with Crippen LogP contribution in [0.4, 0.5) is 0 Å². The molecule has 0 spiro atoms. The summed E-state index contributed by atoms with van der Waals surface area (Å²) in [5.74, 6) is 0.553. The summed E-state index contributed by atoms with van der Waals surface area (Å²) in [6, 6.07) is 12.0. The Morgan fingerprint density at radius 3 is 2.59 bits per heavy atom. The highest BCUT2D eigenvalue weighted by molar-refractivity contribution is 5.60. The molecule has 0 unspecified atom stereocenters. The number of allylic oxidation sites excluding steroid dienone is 4. The molecule has 0 saturated carbocycles. The molecule has 2 atom stereocenters. The maximum atomic E-state index is 10.1. The average molecular weight is 388 g/mol. The number of nitrogens with two attached hydrogens (primary N) is 1. The van der Waals surface area contributed by atoms with E-state index in [9.17, 15) is 15.8 Å². The summed E-state index contributed by atoms with van der Waals surface area (Å²) in [5, 5.41) is 29.8. The molecule has 2 aliphatic carbocycles. The predicted octanol–water partition coefficient (Wildman–Crippen LogP) is 4.08. The molecule has 2 aliphatic rings. The second-order valence-corrected chi connectivity index (χ2v) is 7.37. The van der Waals surface area contributed by atoms with Crippen molar-refractivity contribution >= 4 is 0 Å². The molecule has 0 bridgehead atoms. The summed E-state index contributed by atoms with van der Waals surface area (Å²) in [4.78, 5) is 0. The van der Waals surface area contributed by atoms with Crippen molar-refractivity contribution in [2.45, 2.75) is 38.5 Å². The van der Waals surface area contributed by atoms with E-state index in [0.29, 0.717) is 18.1 Å². The standard InChI is InChI=1S/C23H24N4O2/c1-3-10-29-19-9-8-15(11-20(19)28-2)21-17-7-5-4-6-16(17)18(12-24)22(27)23(21,13-25)14-26/h6,8-9,11,17,21H,3-5,7,10,27H2,1-2H3/t17-,21-/m0/s1. The van der Waals surface area contributed by atoms with Gasteiger partial charge in [0.2, 0.25) is 0 Å². The third kappa shape index (κ3) is 3.20. The lowest BCUT2D eigenvalue weighted by Crippen LogP contribution is -2.42. The molecular formula is C23H24N4O2. The van der Waals surface area contributed by atoms with Gasteiger partial charge < -0.3 is 15.2 Å². The van der Waals surface area contributed by atoms with E-state index in [1.807, 2.05) is 31.2 Å². The quantitative estimate of drug-likeness (QED) is 0.812. The molecule has 1 aromatic carbocycles. The third-order valence-corrected chi connectivity index (χ3v) is 5.81. The van der Waals surface area contributed by atoms with E-state index in [0.717, 1.165) is 36.8 Å². The summed E-state index contributed by atoms with van der Waals surface area (Å²) in [7, 11) is 1.56. The zero-order chi connectivity index (χ0) is 21.0. The van der Waals surface area contributed by atoms with E-state index in [2.05, 4.69) is 18.2 Å². The lowest BCUT2D eigenvalue weighted by atomic mass is 9.57. The predicted molar refractivity (Wildman–Crippen MR) is 107 cm³/mol. The van der Waals surface area contributed by atoms with Gasteiger partial charge in [-0.25, -0.2) is 0 Å². The maximum absolute atomic E-state index is 10.1. The molecule has 0 saturated heterocycles. The summed E-state index contributed by atoms with van der Waals surface area (Å²) in [6.07, 6.45) is 5.48. The second-order valence-electron chi connectivity index (χ2n) is 7.37. The van der Waals surface area contributed by atoms with Gasteiger partial charge >= 0.3 is 0 Å². The molecule has 6 nitrogen and oxygen atoms in total. The highest BCUT2D eigenvalue weighted by Gasteiger charge is 2.53. The molecule has 0 aliphatic heterocycles. The molecule has 0 heterocycles. The first-order valence-corrected chi connectivity index (χ1v) is 9.81. The van der Waals surface area contributed by atoms with Gasteiger partial charge in [0, 0.05) is 5.92 Å². The Labute approximate surface area is 171 Å². The third-order valence-electron chi connectivity index (χ3n) is 5.81. The van der Waals surface area contributed by atoms with Crippen molar-refractivity contribution in [3.8, 4) is 29.7 Å².